The summed E-state index contributed by atoms with van der Waals surface area (Å²) < 4.78 is 36.7. The zero-order chi connectivity index (χ0) is 11.6. The van der Waals surface area contributed by atoms with E-state index in [0.717, 1.165) is 12.1 Å². The van der Waals surface area contributed by atoms with Crippen LogP contribution in [0.4, 0.5) is 28.4 Å². The summed E-state index contributed by atoms with van der Waals surface area (Å²) in [5.41, 5.74) is -1.01. The van der Waals surface area contributed by atoms with Crippen LogP contribution in [0.15, 0.2) is 18.2 Å². The molecule has 0 saturated heterocycles. The van der Waals surface area contributed by atoms with Crippen molar-refractivity contribution in [1.82, 2.24) is 0 Å². The van der Waals surface area contributed by atoms with Gasteiger partial charge in [0.2, 0.25) is 0 Å². The minimum atomic E-state index is -4.54. The summed E-state index contributed by atoms with van der Waals surface area (Å²) in [5, 5.41) is 9.65. The average Bonchev–Trinajstić information content (AvgIpc) is 1.99. The molecule has 0 fully saturated rings. The SMILES string of the molecule is F.O=C(O)Nc1ccc(C(F)(F)F)c(Cl)c1. The Morgan fingerprint density at radius 3 is 2.31 bits per heavy atom. The third-order valence-electron chi connectivity index (χ3n) is 1.53. The summed E-state index contributed by atoms with van der Waals surface area (Å²) in [4.78, 5) is 10.2. The second kappa shape index (κ2) is 5.02. The quantitative estimate of drug-likeness (QED) is 0.757. The van der Waals surface area contributed by atoms with Crippen molar-refractivity contribution in [3.63, 3.8) is 0 Å². The molecule has 0 spiro atoms. The number of alkyl halides is 3. The van der Waals surface area contributed by atoms with Crippen LogP contribution in [0.3, 0.4) is 0 Å². The van der Waals surface area contributed by atoms with E-state index in [1.165, 1.54) is 0 Å². The normalized spacial score (nSPS) is 10.5. The predicted octanol–water partition coefficient (Wildman–Crippen LogP) is 3.60. The van der Waals surface area contributed by atoms with E-state index in [2.05, 4.69) is 0 Å². The summed E-state index contributed by atoms with van der Waals surface area (Å²) in [6, 6.07) is 2.61. The molecule has 3 nitrogen and oxygen atoms in total. The fourth-order valence-corrected chi connectivity index (χ4v) is 1.23. The molecule has 0 atom stereocenters. The van der Waals surface area contributed by atoms with Crippen molar-refractivity contribution < 1.29 is 27.8 Å². The molecular weight excluding hydrogens is 254 g/mol. The van der Waals surface area contributed by atoms with Gasteiger partial charge in [0.1, 0.15) is 0 Å². The molecule has 1 aromatic rings. The lowest BCUT2D eigenvalue weighted by Crippen LogP contribution is -2.09. The molecule has 0 aliphatic heterocycles. The summed E-state index contributed by atoms with van der Waals surface area (Å²) in [6.45, 7) is 0. The molecule has 0 saturated carbocycles. The standard InChI is InChI=1S/C8H5ClF3NO2.FH/c9-6-3-4(13-7(14)15)1-2-5(6)8(10,11)12;/h1-3,13H,(H,14,15);1H. The molecule has 0 aliphatic rings. The minimum Gasteiger partial charge on any atom is -0.465 e. The second-order valence-corrected chi connectivity index (χ2v) is 3.03. The van der Waals surface area contributed by atoms with Crippen LogP contribution in [0.1, 0.15) is 5.56 Å². The maximum Gasteiger partial charge on any atom is 0.417 e. The van der Waals surface area contributed by atoms with Crippen molar-refractivity contribution in [3.8, 4) is 0 Å². The number of anilines is 1. The largest absolute Gasteiger partial charge is 0.465 e. The van der Waals surface area contributed by atoms with E-state index in [-0.39, 0.29) is 10.4 Å². The highest BCUT2D eigenvalue weighted by Gasteiger charge is 2.33. The van der Waals surface area contributed by atoms with E-state index in [9.17, 15) is 18.0 Å². The van der Waals surface area contributed by atoms with E-state index in [1.54, 1.807) is 0 Å². The van der Waals surface area contributed by atoms with E-state index in [0.29, 0.717) is 6.07 Å². The second-order valence-electron chi connectivity index (χ2n) is 2.62. The van der Waals surface area contributed by atoms with Crippen LogP contribution < -0.4 is 5.32 Å². The first kappa shape index (κ1) is 14.5. The molecule has 8 heteroatoms. The molecule has 0 aromatic heterocycles. The fraction of sp³-hybridized carbons (Fsp3) is 0.125. The van der Waals surface area contributed by atoms with Gasteiger partial charge in [-0.05, 0) is 18.2 Å². The van der Waals surface area contributed by atoms with E-state index in [1.807, 2.05) is 5.32 Å². The Morgan fingerprint density at radius 1 is 1.38 bits per heavy atom. The van der Waals surface area contributed by atoms with Crippen LogP contribution in [-0.4, -0.2) is 11.2 Å². The number of benzene rings is 1. The molecule has 0 unspecified atom stereocenters. The van der Waals surface area contributed by atoms with Gasteiger partial charge in [0, 0.05) is 5.69 Å². The van der Waals surface area contributed by atoms with Crippen LogP contribution in [0, 0.1) is 0 Å². The van der Waals surface area contributed by atoms with Gasteiger partial charge in [-0.15, -0.1) is 0 Å². The van der Waals surface area contributed by atoms with Crippen molar-refractivity contribution in [2.45, 2.75) is 6.18 Å². The maximum atomic E-state index is 12.2. The van der Waals surface area contributed by atoms with E-state index in [4.69, 9.17) is 16.7 Å². The molecular formula is C8H6ClF4NO2. The van der Waals surface area contributed by atoms with Gasteiger partial charge in [-0.2, -0.15) is 13.2 Å². The Kier molecular flexibility index (Phi) is 4.55. The number of carboxylic acid groups (broad SMARTS) is 1. The van der Waals surface area contributed by atoms with Gasteiger partial charge in [0.05, 0.1) is 10.6 Å². The zero-order valence-corrected chi connectivity index (χ0v) is 8.26. The lowest BCUT2D eigenvalue weighted by Gasteiger charge is -2.09. The average molecular weight is 260 g/mol. The van der Waals surface area contributed by atoms with Crippen LogP contribution in [0.5, 0.6) is 0 Å². The molecule has 1 rings (SSSR count). The first-order valence-electron chi connectivity index (χ1n) is 3.67. The smallest absolute Gasteiger partial charge is 0.417 e. The van der Waals surface area contributed by atoms with Gasteiger partial charge in [-0.3, -0.25) is 10.0 Å². The lowest BCUT2D eigenvalue weighted by molar-refractivity contribution is -0.137. The molecule has 0 bridgehead atoms. The highest BCUT2D eigenvalue weighted by Crippen LogP contribution is 2.35. The van der Waals surface area contributed by atoms with Crippen molar-refractivity contribution in [1.29, 1.82) is 0 Å². The number of amides is 1. The Labute approximate surface area is 92.2 Å². The number of rotatable bonds is 1. The first-order chi connectivity index (χ1) is 6.80. The molecule has 2 N–H and O–H groups in total. The minimum absolute atomic E-state index is 0. The highest BCUT2D eigenvalue weighted by molar-refractivity contribution is 6.31. The van der Waals surface area contributed by atoms with Crippen molar-refractivity contribution in [2.75, 3.05) is 5.32 Å². The molecule has 16 heavy (non-hydrogen) atoms. The topological polar surface area (TPSA) is 49.3 Å². The molecule has 90 valence electrons. The summed E-state index contributed by atoms with van der Waals surface area (Å²) in [7, 11) is 0. The summed E-state index contributed by atoms with van der Waals surface area (Å²) in [5.74, 6) is 0. The Hall–Kier alpha value is -1.50. The summed E-state index contributed by atoms with van der Waals surface area (Å²) >= 11 is 5.34. The van der Waals surface area contributed by atoms with Gasteiger partial charge in [-0.1, -0.05) is 11.6 Å². The van der Waals surface area contributed by atoms with Gasteiger partial charge in [-0.25, -0.2) is 4.79 Å². The molecule has 0 heterocycles. The molecule has 0 radical (unpaired) electrons. The first-order valence-corrected chi connectivity index (χ1v) is 4.05. The van der Waals surface area contributed by atoms with Gasteiger partial charge < -0.3 is 5.11 Å². The molecule has 0 aliphatic carbocycles. The van der Waals surface area contributed by atoms with Crippen molar-refractivity contribution in [3.05, 3.63) is 28.8 Å². The molecule has 1 amide bonds. The monoisotopic (exact) mass is 259 g/mol. The molecule has 1 aromatic carbocycles. The Balaban J connectivity index is 0.00000225. The van der Waals surface area contributed by atoms with Crippen molar-refractivity contribution >= 4 is 23.4 Å². The zero-order valence-electron chi connectivity index (χ0n) is 7.51. The van der Waals surface area contributed by atoms with E-state index >= 15 is 0 Å². The maximum absolute atomic E-state index is 12.2. The van der Waals surface area contributed by atoms with Crippen LogP contribution in [0.25, 0.3) is 0 Å². The number of nitrogens with one attached hydrogen (secondary N) is 1. The van der Waals surface area contributed by atoms with E-state index < -0.39 is 22.9 Å². The third-order valence-corrected chi connectivity index (χ3v) is 1.84. The number of halogens is 5. The van der Waals surface area contributed by atoms with Crippen molar-refractivity contribution in [2.24, 2.45) is 0 Å². The number of hydrogen-bond acceptors (Lipinski definition) is 1. The Morgan fingerprint density at radius 2 is 1.94 bits per heavy atom. The van der Waals surface area contributed by atoms with Gasteiger partial charge >= 0.3 is 12.3 Å². The summed E-state index contributed by atoms with van der Waals surface area (Å²) in [6.07, 6.45) is -5.91. The van der Waals surface area contributed by atoms with Crippen LogP contribution in [0.2, 0.25) is 5.02 Å². The lowest BCUT2D eigenvalue weighted by atomic mass is 10.2. The number of carbonyl (C=O) groups is 1. The fourth-order valence-electron chi connectivity index (χ4n) is 0.946. The van der Waals surface area contributed by atoms with Gasteiger partial charge in [0.15, 0.2) is 0 Å². The van der Waals surface area contributed by atoms with Gasteiger partial charge in [0.25, 0.3) is 0 Å². The highest BCUT2D eigenvalue weighted by atomic mass is 35.5. The van der Waals surface area contributed by atoms with Crippen LogP contribution >= 0.6 is 11.6 Å². The number of hydrogen-bond donors (Lipinski definition) is 2. The third kappa shape index (κ3) is 3.58. The van der Waals surface area contributed by atoms with Crippen LogP contribution in [-0.2, 0) is 6.18 Å². The predicted molar refractivity (Wildman–Crippen MR) is 50.6 cm³/mol. The Bertz CT molecular complexity index is 394.